The highest BCUT2D eigenvalue weighted by molar-refractivity contribution is 6.00. The molecule has 0 aliphatic heterocycles. The summed E-state index contributed by atoms with van der Waals surface area (Å²) in [7, 11) is 3.35. The molecule has 2 aromatic carbocycles. The van der Waals surface area contributed by atoms with Gasteiger partial charge in [-0.2, -0.15) is 0 Å². The van der Waals surface area contributed by atoms with Crippen LogP contribution < -0.4 is 9.80 Å². The number of nitrogens with zero attached hydrogens (tertiary/aromatic N) is 3. The molecule has 0 aliphatic rings. The van der Waals surface area contributed by atoms with E-state index >= 15 is 0 Å². The minimum atomic E-state index is -0.851. The highest BCUT2D eigenvalue weighted by Gasteiger charge is 2.22. The quantitative estimate of drug-likeness (QED) is 0.411. The predicted molar refractivity (Wildman–Crippen MR) is 102 cm³/mol. The van der Waals surface area contributed by atoms with Gasteiger partial charge in [-0.25, -0.2) is 9.18 Å². The summed E-state index contributed by atoms with van der Waals surface area (Å²) in [6.07, 6.45) is 0. The Balaban J connectivity index is 2.16. The number of nitro benzene ring substituents is 1. The van der Waals surface area contributed by atoms with E-state index in [2.05, 4.69) is 0 Å². The maximum atomic E-state index is 13.1. The summed E-state index contributed by atoms with van der Waals surface area (Å²) in [4.78, 5) is 38.2. The van der Waals surface area contributed by atoms with E-state index < -0.39 is 29.2 Å². The van der Waals surface area contributed by atoms with Crippen LogP contribution in [-0.4, -0.2) is 44.0 Å². The molecule has 0 saturated heterocycles. The number of hydrogen-bond acceptors (Lipinski definition) is 6. The Labute approximate surface area is 161 Å². The molecule has 0 bridgehead atoms. The van der Waals surface area contributed by atoms with Crippen LogP contribution in [0, 0.1) is 15.9 Å². The van der Waals surface area contributed by atoms with Crippen molar-refractivity contribution in [2.75, 3.05) is 37.0 Å². The van der Waals surface area contributed by atoms with E-state index in [9.17, 15) is 24.1 Å². The van der Waals surface area contributed by atoms with Crippen molar-refractivity contribution in [3.63, 3.8) is 0 Å². The number of amides is 1. The van der Waals surface area contributed by atoms with Gasteiger partial charge >= 0.3 is 5.97 Å². The lowest BCUT2D eigenvalue weighted by molar-refractivity contribution is -0.384. The van der Waals surface area contributed by atoms with Gasteiger partial charge in [0, 0.05) is 38.5 Å². The fourth-order valence-electron chi connectivity index (χ4n) is 2.60. The summed E-state index contributed by atoms with van der Waals surface area (Å²) in [5, 5.41) is 11.0. The topological polar surface area (TPSA) is 93.0 Å². The summed E-state index contributed by atoms with van der Waals surface area (Å²) in [6.45, 7) is 1.47. The van der Waals surface area contributed by atoms with Crippen LogP contribution in [0.5, 0.6) is 0 Å². The Hall–Kier alpha value is -3.49. The van der Waals surface area contributed by atoms with E-state index in [4.69, 9.17) is 4.74 Å². The van der Waals surface area contributed by atoms with E-state index in [0.29, 0.717) is 17.9 Å². The number of rotatable bonds is 7. The minimum Gasteiger partial charge on any atom is -0.452 e. The molecule has 8 nitrogen and oxygen atoms in total. The van der Waals surface area contributed by atoms with Gasteiger partial charge in [0.05, 0.1) is 16.2 Å². The van der Waals surface area contributed by atoms with Crippen LogP contribution in [0.3, 0.4) is 0 Å². The van der Waals surface area contributed by atoms with E-state index in [-0.39, 0.29) is 11.3 Å². The maximum absolute atomic E-state index is 13.1. The second-order valence-electron chi connectivity index (χ2n) is 6.04. The average molecular weight is 389 g/mol. The van der Waals surface area contributed by atoms with Crippen LogP contribution in [0.2, 0.25) is 0 Å². The van der Waals surface area contributed by atoms with Gasteiger partial charge in [-0.05, 0) is 37.3 Å². The lowest BCUT2D eigenvalue weighted by atomic mass is 10.1. The lowest BCUT2D eigenvalue weighted by Crippen LogP contribution is -2.34. The molecule has 0 aliphatic carbocycles. The van der Waals surface area contributed by atoms with Crippen molar-refractivity contribution in [1.29, 1.82) is 0 Å². The molecule has 1 amide bonds. The predicted octanol–water partition coefficient (Wildman–Crippen LogP) is 3.01. The van der Waals surface area contributed by atoms with Gasteiger partial charge in [-0.3, -0.25) is 14.9 Å². The average Bonchev–Trinajstić information content (AvgIpc) is 2.67. The van der Waals surface area contributed by atoms with Crippen LogP contribution in [0.4, 0.5) is 21.5 Å². The van der Waals surface area contributed by atoms with Crippen LogP contribution in [0.15, 0.2) is 42.5 Å². The van der Waals surface area contributed by atoms with Gasteiger partial charge in [0.1, 0.15) is 5.82 Å². The van der Waals surface area contributed by atoms with E-state index in [1.165, 1.54) is 41.3 Å². The Morgan fingerprint density at radius 1 is 1.14 bits per heavy atom. The van der Waals surface area contributed by atoms with Crippen LogP contribution in [0.1, 0.15) is 17.3 Å². The van der Waals surface area contributed by atoms with Gasteiger partial charge in [0.25, 0.3) is 11.6 Å². The van der Waals surface area contributed by atoms with E-state index in [1.54, 1.807) is 25.9 Å². The molecule has 0 saturated carbocycles. The normalized spacial score (nSPS) is 10.3. The summed E-state index contributed by atoms with van der Waals surface area (Å²) in [5.74, 6) is -1.78. The number of esters is 1. The highest BCUT2D eigenvalue weighted by Crippen LogP contribution is 2.25. The molecule has 0 radical (unpaired) electrons. The Morgan fingerprint density at radius 3 is 2.32 bits per heavy atom. The molecule has 0 unspecified atom stereocenters. The zero-order valence-corrected chi connectivity index (χ0v) is 15.7. The molecule has 0 aromatic heterocycles. The van der Waals surface area contributed by atoms with Crippen molar-refractivity contribution in [1.82, 2.24) is 0 Å². The number of non-ortho nitro benzene ring substituents is 1. The first-order valence-electron chi connectivity index (χ1n) is 8.43. The molecule has 2 aromatic rings. The zero-order chi connectivity index (χ0) is 20.8. The van der Waals surface area contributed by atoms with Crippen LogP contribution in [-0.2, 0) is 9.53 Å². The number of halogens is 1. The molecule has 28 heavy (non-hydrogen) atoms. The summed E-state index contributed by atoms with van der Waals surface area (Å²) in [6, 6.07) is 9.18. The van der Waals surface area contributed by atoms with Gasteiger partial charge in [0.15, 0.2) is 6.61 Å². The van der Waals surface area contributed by atoms with Crippen molar-refractivity contribution in [2.45, 2.75) is 6.92 Å². The van der Waals surface area contributed by atoms with Gasteiger partial charge < -0.3 is 14.5 Å². The van der Waals surface area contributed by atoms with Crippen molar-refractivity contribution >= 4 is 28.9 Å². The third-order valence-electron chi connectivity index (χ3n) is 3.97. The molecule has 0 heterocycles. The number of anilines is 2. The van der Waals surface area contributed by atoms with Gasteiger partial charge in [-0.1, -0.05) is 0 Å². The van der Waals surface area contributed by atoms with E-state index in [0.717, 1.165) is 6.07 Å². The second kappa shape index (κ2) is 8.94. The van der Waals surface area contributed by atoms with Crippen molar-refractivity contribution in [3.8, 4) is 0 Å². The molecule has 0 atom stereocenters. The second-order valence-corrected chi connectivity index (χ2v) is 6.04. The van der Waals surface area contributed by atoms with Gasteiger partial charge in [0.2, 0.25) is 0 Å². The fraction of sp³-hybridized carbons (Fsp3) is 0.263. The number of hydrogen-bond donors (Lipinski definition) is 0. The third kappa shape index (κ3) is 4.81. The first-order valence-corrected chi connectivity index (χ1v) is 8.43. The standard InChI is InChI=1S/C19H20FN3O5/c1-4-22(14-7-5-13(20)6-8-14)18(24)12-28-19(25)16-11-15(23(26)27)9-10-17(16)21(2)3/h5-11H,4,12H2,1-3H3. The fourth-order valence-corrected chi connectivity index (χ4v) is 2.60. The molecule has 0 fully saturated rings. The van der Waals surface area contributed by atoms with Crippen LogP contribution in [0.25, 0.3) is 0 Å². The molecule has 0 spiro atoms. The SMILES string of the molecule is CCN(C(=O)COC(=O)c1cc([N+](=O)[O-])ccc1N(C)C)c1ccc(F)cc1. The number of nitro groups is 1. The van der Waals surface area contributed by atoms with Gasteiger partial charge in [-0.15, -0.1) is 0 Å². The number of carbonyl (C=O) groups excluding carboxylic acids is 2. The summed E-state index contributed by atoms with van der Waals surface area (Å²) < 4.78 is 18.2. The van der Waals surface area contributed by atoms with Crippen molar-refractivity contribution < 1.29 is 23.6 Å². The number of benzene rings is 2. The lowest BCUT2D eigenvalue weighted by Gasteiger charge is -2.21. The summed E-state index contributed by atoms with van der Waals surface area (Å²) >= 11 is 0. The third-order valence-corrected chi connectivity index (χ3v) is 3.97. The Morgan fingerprint density at radius 2 is 1.79 bits per heavy atom. The van der Waals surface area contributed by atoms with Crippen molar-refractivity contribution in [2.24, 2.45) is 0 Å². The van der Waals surface area contributed by atoms with Crippen molar-refractivity contribution in [3.05, 3.63) is 64.0 Å². The molecular formula is C19H20FN3O5. The first kappa shape index (κ1) is 20.8. The maximum Gasteiger partial charge on any atom is 0.341 e. The number of likely N-dealkylation sites (N-methyl/N-ethyl adjacent to an activating group) is 1. The molecular weight excluding hydrogens is 369 g/mol. The monoisotopic (exact) mass is 389 g/mol. The minimum absolute atomic E-state index is 0.0168. The molecule has 148 valence electrons. The Bertz CT molecular complexity index is 884. The zero-order valence-electron chi connectivity index (χ0n) is 15.7. The highest BCUT2D eigenvalue weighted by atomic mass is 19.1. The molecule has 9 heteroatoms. The van der Waals surface area contributed by atoms with E-state index in [1.807, 2.05) is 0 Å². The molecule has 2 rings (SSSR count). The smallest absolute Gasteiger partial charge is 0.341 e. The molecule has 0 N–H and O–H groups in total. The summed E-state index contributed by atoms with van der Waals surface area (Å²) in [5.41, 5.74) is 0.616. The van der Waals surface area contributed by atoms with Crippen LogP contribution >= 0.6 is 0 Å². The Kier molecular flexibility index (Phi) is 6.64. The first-order chi connectivity index (χ1) is 13.2. The number of carbonyl (C=O) groups is 2. The number of ether oxygens (including phenoxy) is 1. The largest absolute Gasteiger partial charge is 0.452 e.